The molecular weight excluding hydrogens is 494 g/mol. The Kier molecular flexibility index (Phi) is 8.22. The zero-order valence-electron chi connectivity index (χ0n) is 20.4. The van der Waals surface area contributed by atoms with Gasteiger partial charge in [0.2, 0.25) is 5.91 Å². The first-order valence-electron chi connectivity index (χ1n) is 12.4. The summed E-state index contributed by atoms with van der Waals surface area (Å²) in [5.74, 6) is 1.79. The quantitative estimate of drug-likeness (QED) is 0.505. The first-order valence-corrected chi connectivity index (χ1v) is 13.2. The monoisotopic (exact) mass is 529 g/mol. The van der Waals surface area contributed by atoms with Gasteiger partial charge in [-0.05, 0) is 55.5 Å². The van der Waals surface area contributed by atoms with Gasteiger partial charge in [0.25, 0.3) is 0 Å². The number of hydrogen-bond donors (Lipinski definition) is 2. The van der Waals surface area contributed by atoms with Crippen molar-refractivity contribution in [3.63, 3.8) is 0 Å². The minimum Gasteiger partial charge on any atom is -0.387 e. The number of carbonyl (C=O) groups excluding carboxylic acids is 1. The third-order valence-electron chi connectivity index (χ3n) is 6.90. The Morgan fingerprint density at radius 1 is 1.18 bits per heavy atom. The molecule has 1 amide bonds. The second-order valence-electron chi connectivity index (χ2n) is 9.95. The largest absolute Gasteiger partial charge is 0.387 e. The van der Waals surface area contributed by atoms with Gasteiger partial charge in [0, 0.05) is 36.2 Å². The van der Waals surface area contributed by atoms with Crippen LogP contribution in [0.15, 0.2) is 35.1 Å². The maximum atomic E-state index is 13.6. The zero-order chi connectivity index (χ0) is 24.2. The highest BCUT2D eigenvalue weighted by Gasteiger charge is 2.35. The Morgan fingerprint density at radius 2 is 1.88 bits per heavy atom. The number of aliphatic hydroxyl groups is 1. The highest BCUT2D eigenvalue weighted by atomic mass is 79.9. The normalized spacial score (nSPS) is 21.1. The van der Waals surface area contributed by atoms with Crippen LogP contribution in [0.1, 0.15) is 68.4 Å². The van der Waals surface area contributed by atoms with Gasteiger partial charge in [-0.2, -0.15) is 0 Å². The van der Waals surface area contributed by atoms with Crippen LogP contribution < -0.4 is 10.2 Å². The molecule has 1 aromatic heterocycles. The van der Waals surface area contributed by atoms with Gasteiger partial charge < -0.3 is 20.2 Å². The molecule has 0 bridgehead atoms. The predicted octanol–water partition coefficient (Wildman–Crippen LogP) is 3.85. The van der Waals surface area contributed by atoms with E-state index in [1.807, 2.05) is 17.0 Å². The van der Waals surface area contributed by atoms with E-state index in [0.29, 0.717) is 25.4 Å². The van der Waals surface area contributed by atoms with Crippen molar-refractivity contribution in [1.29, 1.82) is 0 Å². The number of nitrogens with zero attached hydrogens (tertiary/aromatic N) is 4. The smallest absolute Gasteiger partial charge is 0.230 e. The van der Waals surface area contributed by atoms with Crippen molar-refractivity contribution in [2.75, 3.05) is 44.2 Å². The second-order valence-corrected chi connectivity index (χ2v) is 10.9. The van der Waals surface area contributed by atoms with Crippen LogP contribution >= 0.6 is 15.9 Å². The number of halogens is 1. The maximum absolute atomic E-state index is 13.6. The number of fused-ring (bicyclic) bond motifs is 1. The van der Waals surface area contributed by atoms with Crippen LogP contribution in [0.2, 0.25) is 0 Å². The van der Waals surface area contributed by atoms with Gasteiger partial charge in [-0.15, -0.1) is 0 Å². The molecule has 8 heteroatoms. The van der Waals surface area contributed by atoms with E-state index in [-0.39, 0.29) is 17.7 Å². The van der Waals surface area contributed by atoms with Gasteiger partial charge in [-0.3, -0.25) is 4.79 Å². The van der Waals surface area contributed by atoms with Crippen molar-refractivity contribution >= 4 is 27.7 Å². The minimum atomic E-state index is -0.509. The predicted molar refractivity (Wildman–Crippen MR) is 138 cm³/mol. The summed E-state index contributed by atoms with van der Waals surface area (Å²) < 4.78 is 1.02. The van der Waals surface area contributed by atoms with Crippen molar-refractivity contribution < 1.29 is 9.90 Å². The topological polar surface area (TPSA) is 81.6 Å². The summed E-state index contributed by atoms with van der Waals surface area (Å²) in [4.78, 5) is 26.8. The third kappa shape index (κ3) is 5.61. The van der Waals surface area contributed by atoms with Crippen LogP contribution in [0.4, 0.5) is 5.82 Å². The van der Waals surface area contributed by atoms with E-state index < -0.39 is 6.10 Å². The Labute approximate surface area is 211 Å². The summed E-state index contributed by atoms with van der Waals surface area (Å²) in [5, 5.41) is 13.8. The zero-order valence-corrected chi connectivity index (χ0v) is 22.0. The first kappa shape index (κ1) is 25.1. The molecule has 3 atom stereocenters. The molecule has 2 heterocycles. The third-order valence-corrected chi connectivity index (χ3v) is 7.43. The number of piperazine rings is 1. The summed E-state index contributed by atoms with van der Waals surface area (Å²) in [6, 6.07) is 8.14. The summed E-state index contributed by atoms with van der Waals surface area (Å²) in [6.07, 6.45) is 2.52. The second kappa shape index (κ2) is 11.1. The van der Waals surface area contributed by atoms with Crippen LogP contribution in [-0.4, -0.2) is 65.2 Å². The molecule has 7 nitrogen and oxygen atoms in total. The standard InChI is InChI=1S/C26H36BrN5O2/c1-17(2)15-28-9-8-21(19-4-6-20(27)7-5-19)26(34)32-12-10-31(11-13-32)25-23-18(3)14-22(33)24(23)29-16-30-25/h4-7,16-18,21-22,28,33H,8-15H2,1-3H3/t18-,21-,22-/m1/s1. The molecule has 1 aliphatic heterocycles. The molecule has 1 fully saturated rings. The molecule has 34 heavy (non-hydrogen) atoms. The van der Waals surface area contributed by atoms with Gasteiger partial charge in [0.15, 0.2) is 0 Å². The Balaban J connectivity index is 1.43. The first-order chi connectivity index (χ1) is 16.3. The van der Waals surface area contributed by atoms with Crippen LogP contribution in [0.3, 0.4) is 0 Å². The Morgan fingerprint density at radius 3 is 2.56 bits per heavy atom. The lowest BCUT2D eigenvalue weighted by Crippen LogP contribution is -2.50. The highest BCUT2D eigenvalue weighted by molar-refractivity contribution is 9.10. The molecule has 1 aromatic carbocycles. The lowest BCUT2D eigenvalue weighted by molar-refractivity contribution is -0.133. The average Bonchev–Trinajstić information content (AvgIpc) is 3.13. The van der Waals surface area contributed by atoms with E-state index in [9.17, 15) is 9.90 Å². The van der Waals surface area contributed by atoms with Crippen LogP contribution in [0.5, 0.6) is 0 Å². The Hall–Kier alpha value is -2.03. The molecule has 184 valence electrons. The number of benzene rings is 1. The van der Waals surface area contributed by atoms with Crippen molar-refractivity contribution in [3.8, 4) is 0 Å². The lowest BCUT2D eigenvalue weighted by atomic mass is 9.93. The van der Waals surface area contributed by atoms with Crippen LogP contribution in [-0.2, 0) is 4.79 Å². The SMILES string of the molecule is CC(C)CNCC[C@@H](C(=O)N1CCN(c2ncnc3c2[C@H](C)C[C@H]3O)CC1)c1ccc(Br)cc1. The number of rotatable bonds is 8. The van der Waals surface area contributed by atoms with Crippen molar-refractivity contribution in [1.82, 2.24) is 20.2 Å². The molecule has 4 rings (SSSR count). The van der Waals surface area contributed by atoms with Gasteiger partial charge in [0.05, 0.1) is 17.7 Å². The molecular formula is C26H36BrN5O2. The van der Waals surface area contributed by atoms with Crippen molar-refractivity contribution in [3.05, 3.63) is 51.9 Å². The number of nitrogens with one attached hydrogen (secondary N) is 1. The fourth-order valence-corrected chi connectivity index (χ4v) is 5.34. The minimum absolute atomic E-state index is 0.155. The fraction of sp³-hybridized carbons (Fsp3) is 0.577. The number of carbonyl (C=O) groups is 1. The number of anilines is 1. The van der Waals surface area contributed by atoms with E-state index >= 15 is 0 Å². The number of amides is 1. The van der Waals surface area contributed by atoms with Gasteiger partial charge in [-0.1, -0.05) is 48.8 Å². The van der Waals surface area contributed by atoms with Crippen LogP contribution in [0, 0.1) is 5.92 Å². The molecule has 0 spiro atoms. The van der Waals surface area contributed by atoms with Crippen molar-refractivity contribution in [2.45, 2.75) is 51.6 Å². The van der Waals surface area contributed by atoms with Crippen LogP contribution in [0.25, 0.3) is 0 Å². The molecule has 2 aromatic rings. The molecule has 0 radical (unpaired) electrons. The molecule has 2 N–H and O–H groups in total. The number of hydrogen-bond acceptors (Lipinski definition) is 6. The van der Waals surface area contributed by atoms with Gasteiger partial charge in [-0.25, -0.2) is 9.97 Å². The number of aromatic nitrogens is 2. The molecule has 1 saturated heterocycles. The molecule has 0 saturated carbocycles. The summed E-state index contributed by atoms with van der Waals surface area (Å²) in [5.41, 5.74) is 2.90. The molecule has 2 aliphatic rings. The number of aliphatic hydroxyl groups excluding tert-OH is 1. The average molecular weight is 531 g/mol. The highest BCUT2D eigenvalue weighted by Crippen LogP contribution is 2.42. The van der Waals surface area contributed by atoms with Gasteiger partial charge >= 0.3 is 0 Å². The summed E-state index contributed by atoms with van der Waals surface area (Å²) >= 11 is 3.51. The lowest BCUT2D eigenvalue weighted by Gasteiger charge is -2.38. The van der Waals surface area contributed by atoms with E-state index in [1.54, 1.807) is 6.33 Å². The van der Waals surface area contributed by atoms with E-state index in [4.69, 9.17) is 0 Å². The molecule has 0 unspecified atom stereocenters. The van der Waals surface area contributed by atoms with Gasteiger partial charge in [0.1, 0.15) is 12.1 Å². The summed E-state index contributed by atoms with van der Waals surface area (Å²) in [7, 11) is 0. The summed E-state index contributed by atoms with van der Waals surface area (Å²) in [6.45, 7) is 11.1. The van der Waals surface area contributed by atoms with E-state index in [0.717, 1.165) is 59.7 Å². The fourth-order valence-electron chi connectivity index (χ4n) is 5.08. The molecule has 1 aliphatic carbocycles. The van der Waals surface area contributed by atoms with E-state index in [2.05, 4.69) is 69.0 Å². The van der Waals surface area contributed by atoms with E-state index in [1.165, 1.54) is 0 Å². The van der Waals surface area contributed by atoms with Crippen molar-refractivity contribution in [2.24, 2.45) is 5.92 Å². The maximum Gasteiger partial charge on any atom is 0.230 e. The Bertz CT molecular complexity index is 976.